The van der Waals surface area contributed by atoms with E-state index in [4.69, 9.17) is 14.2 Å². The Kier molecular flexibility index (Phi) is 5.26. The number of rotatable bonds is 7. The van der Waals surface area contributed by atoms with Crippen LogP contribution in [0.25, 0.3) is 22.2 Å². The van der Waals surface area contributed by atoms with Crippen LogP contribution in [0.1, 0.15) is 18.1 Å². The number of aromatic nitrogens is 1. The van der Waals surface area contributed by atoms with Crippen molar-refractivity contribution in [3.05, 3.63) is 41.5 Å². The fraction of sp³-hybridized carbons (Fsp3) is 0.286. The van der Waals surface area contributed by atoms with Crippen molar-refractivity contribution in [1.82, 2.24) is 4.98 Å². The van der Waals surface area contributed by atoms with Gasteiger partial charge in [-0.1, -0.05) is 13.0 Å². The van der Waals surface area contributed by atoms with Gasteiger partial charge in [0.25, 0.3) is 0 Å². The highest BCUT2D eigenvalue weighted by Gasteiger charge is 2.20. The lowest BCUT2D eigenvalue weighted by Crippen LogP contribution is -2.01. The fourth-order valence-corrected chi connectivity index (χ4v) is 3.32. The van der Waals surface area contributed by atoms with E-state index >= 15 is 0 Å². The Morgan fingerprint density at radius 1 is 1.04 bits per heavy atom. The summed E-state index contributed by atoms with van der Waals surface area (Å²) < 4.78 is 16.3. The zero-order valence-corrected chi connectivity index (χ0v) is 15.9. The molecule has 0 unspecified atom stereocenters. The third kappa shape index (κ3) is 3.43. The molecule has 2 aromatic carbocycles. The third-order valence-corrected chi connectivity index (χ3v) is 4.66. The highest BCUT2D eigenvalue weighted by Crippen LogP contribution is 2.42. The molecule has 3 aromatic rings. The van der Waals surface area contributed by atoms with Crippen LogP contribution in [-0.4, -0.2) is 37.4 Å². The molecule has 0 atom stereocenters. The van der Waals surface area contributed by atoms with Crippen LogP contribution in [0.5, 0.6) is 17.2 Å². The van der Waals surface area contributed by atoms with Gasteiger partial charge in [-0.15, -0.1) is 0 Å². The quantitative estimate of drug-likeness (QED) is 0.657. The lowest BCUT2D eigenvalue weighted by molar-refractivity contribution is -0.136. The second-order valence-corrected chi connectivity index (χ2v) is 6.20. The predicted molar refractivity (Wildman–Crippen MR) is 104 cm³/mol. The first-order valence-corrected chi connectivity index (χ1v) is 8.68. The predicted octanol–water partition coefficient (Wildman–Crippen LogP) is 4.05. The number of hydrogen-bond acceptors (Lipinski definition) is 4. The van der Waals surface area contributed by atoms with Crippen molar-refractivity contribution in [1.29, 1.82) is 0 Å². The van der Waals surface area contributed by atoms with Gasteiger partial charge in [-0.05, 0) is 41.8 Å². The highest BCUT2D eigenvalue weighted by molar-refractivity contribution is 5.94. The Morgan fingerprint density at radius 2 is 1.70 bits per heavy atom. The Bertz CT molecular complexity index is 965. The standard InChI is InChI=1S/C21H23NO5/c1-5-12-6-7-16-14(8-12)15(11-19(23)24)20(22-16)13-9-17(25-2)21(27-4)18(10-13)26-3/h6-10,22H,5,11H2,1-4H3,(H,23,24). The molecule has 0 saturated heterocycles. The molecular formula is C21H23NO5. The van der Waals surface area contributed by atoms with Crippen LogP contribution in [0.4, 0.5) is 0 Å². The zero-order chi connectivity index (χ0) is 19.6. The summed E-state index contributed by atoms with van der Waals surface area (Å²) in [6, 6.07) is 9.71. The summed E-state index contributed by atoms with van der Waals surface area (Å²) in [5.41, 5.74) is 4.30. The summed E-state index contributed by atoms with van der Waals surface area (Å²) in [6.07, 6.45) is 0.798. The molecule has 0 saturated carbocycles. The molecule has 2 N–H and O–H groups in total. The van der Waals surface area contributed by atoms with Crippen molar-refractivity contribution in [2.75, 3.05) is 21.3 Å². The number of H-pyrrole nitrogens is 1. The summed E-state index contributed by atoms with van der Waals surface area (Å²) in [5.74, 6) is 0.640. The van der Waals surface area contributed by atoms with Crippen molar-refractivity contribution in [3.8, 4) is 28.5 Å². The number of methoxy groups -OCH3 is 3. The first-order valence-electron chi connectivity index (χ1n) is 8.68. The second-order valence-electron chi connectivity index (χ2n) is 6.20. The number of benzene rings is 2. The first-order chi connectivity index (χ1) is 13.0. The number of nitrogens with one attached hydrogen (secondary N) is 1. The molecule has 0 radical (unpaired) electrons. The monoisotopic (exact) mass is 369 g/mol. The van der Waals surface area contributed by atoms with E-state index < -0.39 is 5.97 Å². The molecule has 27 heavy (non-hydrogen) atoms. The number of carbonyl (C=O) groups is 1. The van der Waals surface area contributed by atoms with Crippen molar-refractivity contribution >= 4 is 16.9 Å². The van der Waals surface area contributed by atoms with E-state index in [1.165, 1.54) is 0 Å². The van der Waals surface area contributed by atoms with E-state index in [0.717, 1.165) is 39.7 Å². The number of carboxylic acids is 1. The molecule has 0 bridgehead atoms. The molecule has 3 rings (SSSR count). The van der Waals surface area contributed by atoms with Gasteiger partial charge < -0.3 is 24.3 Å². The number of ether oxygens (including phenoxy) is 3. The van der Waals surface area contributed by atoms with E-state index in [1.807, 2.05) is 30.3 Å². The van der Waals surface area contributed by atoms with Gasteiger partial charge in [-0.3, -0.25) is 4.79 Å². The van der Waals surface area contributed by atoms with E-state index in [2.05, 4.69) is 11.9 Å². The molecule has 0 spiro atoms. The lowest BCUT2D eigenvalue weighted by Gasteiger charge is -2.14. The number of hydrogen-bond donors (Lipinski definition) is 2. The molecule has 0 aliphatic rings. The minimum Gasteiger partial charge on any atom is -0.493 e. The zero-order valence-electron chi connectivity index (χ0n) is 15.9. The molecule has 0 amide bonds. The van der Waals surface area contributed by atoms with Crippen molar-refractivity contribution in [2.24, 2.45) is 0 Å². The first kappa shape index (κ1) is 18.6. The summed E-state index contributed by atoms with van der Waals surface area (Å²) in [7, 11) is 4.65. The topological polar surface area (TPSA) is 80.8 Å². The van der Waals surface area contributed by atoms with Crippen molar-refractivity contribution in [2.45, 2.75) is 19.8 Å². The molecule has 1 heterocycles. The average Bonchev–Trinajstić information content (AvgIpc) is 3.03. The second kappa shape index (κ2) is 7.61. The van der Waals surface area contributed by atoms with Gasteiger partial charge in [0, 0.05) is 16.5 Å². The van der Waals surface area contributed by atoms with Gasteiger partial charge in [0.2, 0.25) is 5.75 Å². The molecule has 6 nitrogen and oxygen atoms in total. The summed E-state index contributed by atoms with van der Waals surface area (Å²) in [6.45, 7) is 2.07. The number of aliphatic carboxylic acids is 1. The van der Waals surface area contributed by atoms with Crippen molar-refractivity contribution in [3.63, 3.8) is 0 Å². The smallest absolute Gasteiger partial charge is 0.307 e. The molecule has 142 valence electrons. The minimum atomic E-state index is -0.883. The van der Waals surface area contributed by atoms with Crippen LogP contribution < -0.4 is 14.2 Å². The Morgan fingerprint density at radius 3 is 2.22 bits per heavy atom. The Balaban J connectivity index is 2.28. The van der Waals surface area contributed by atoms with Gasteiger partial charge >= 0.3 is 5.97 Å². The number of aromatic amines is 1. The SMILES string of the molecule is CCc1ccc2[nH]c(-c3cc(OC)c(OC)c(OC)c3)c(CC(=O)O)c2c1. The summed E-state index contributed by atoms with van der Waals surface area (Å²) >= 11 is 0. The van der Waals surface area contributed by atoms with Gasteiger partial charge in [0.1, 0.15) is 0 Å². The number of aryl methyl sites for hydroxylation is 1. The molecule has 1 aromatic heterocycles. The Labute approximate surface area is 157 Å². The van der Waals surface area contributed by atoms with Crippen LogP contribution in [0.2, 0.25) is 0 Å². The average molecular weight is 369 g/mol. The molecular weight excluding hydrogens is 346 g/mol. The summed E-state index contributed by atoms with van der Waals surface area (Å²) in [5, 5.41) is 10.4. The largest absolute Gasteiger partial charge is 0.493 e. The number of carboxylic acid groups (broad SMARTS) is 1. The number of fused-ring (bicyclic) bond motifs is 1. The maximum atomic E-state index is 11.5. The fourth-order valence-electron chi connectivity index (χ4n) is 3.32. The Hall–Kier alpha value is -3.15. The van der Waals surface area contributed by atoms with E-state index in [1.54, 1.807) is 21.3 Å². The highest BCUT2D eigenvalue weighted by atomic mass is 16.5. The van der Waals surface area contributed by atoms with Crippen LogP contribution in [-0.2, 0) is 17.6 Å². The van der Waals surface area contributed by atoms with Gasteiger partial charge in [-0.25, -0.2) is 0 Å². The van der Waals surface area contributed by atoms with Crippen LogP contribution >= 0.6 is 0 Å². The van der Waals surface area contributed by atoms with E-state index in [9.17, 15) is 9.90 Å². The third-order valence-electron chi connectivity index (χ3n) is 4.66. The molecule has 6 heteroatoms. The normalized spacial score (nSPS) is 10.8. The van der Waals surface area contributed by atoms with E-state index in [0.29, 0.717) is 17.2 Å². The lowest BCUT2D eigenvalue weighted by atomic mass is 10.0. The van der Waals surface area contributed by atoms with Crippen LogP contribution in [0.15, 0.2) is 30.3 Å². The maximum absolute atomic E-state index is 11.5. The summed E-state index contributed by atoms with van der Waals surface area (Å²) in [4.78, 5) is 14.9. The van der Waals surface area contributed by atoms with Crippen LogP contribution in [0.3, 0.4) is 0 Å². The minimum absolute atomic E-state index is 0.0842. The van der Waals surface area contributed by atoms with Crippen molar-refractivity contribution < 1.29 is 24.1 Å². The molecule has 0 aliphatic heterocycles. The van der Waals surface area contributed by atoms with Crippen LogP contribution in [0, 0.1) is 0 Å². The van der Waals surface area contributed by atoms with Gasteiger partial charge in [0.15, 0.2) is 11.5 Å². The maximum Gasteiger partial charge on any atom is 0.307 e. The molecule has 0 fully saturated rings. The van der Waals surface area contributed by atoms with E-state index in [-0.39, 0.29) is 6.42 Å². The van der Waals surface area contributed by atoms with Gasteiger partial charge in [-0.2, -0.15) is 0 Å². The molecule has 0 aliphatic carbocycles. The van der Waals surface area contributed by atoms with Gasteiger partial charge in [0.05, 0.1) is 33.4 Å².